The fourth-order valence-electron chi connectivity index (χ4n) is 2.26. The highest BCUT2D eigenvalue weighted by Crippen LogP contribution is 2.25. The molecule has 1 N–H and O–H groups in total. The molecule has 0 amide bonds. The number of hydrogen-bond donors (Lipinski definition) is 1. The Morgan fingerprint density at radius 2 is 2.09 bits per heavy atom. The molecule has 6 nitrogen and oxygen atoms in total. The van der Waals surface area contributed by atoms with Gasteiger partial charge in [0.05, 0.1) is 11.9 Å². The maximum Gasteiger partial charge on any atom is 0.179 e. The second-order valence-corrected chi connectivity index (χ2v) is 12.3. The van der Waals surface area contributed by atoms with E-state index in [0.717, 1.165) is 34.2 Å². The molecule has 116 valence electrons. The van der Waals surface area contributed by atoms with Crippen molar-refractivity contribution in [3.63, 3.8) is 0 Å². The third-order valence-electron chi connectivity index (χ3n) is 3.48. The molecule has 0 fully saturated rings. The van der Waals surface area contributed by atoms with Crippen molar-refractivity contribution in [2.24, 2.45) is 0 Å². The molecular formula is C15H21N5OSi. The first-order chi connectivity index (χ1) is 10.4. The Hall–Kier alpha value is -2.15. The number of aromatic amines is 1. The molecule has 3 aromatic heterocycles. The molecule has 0 unspecified atom stereocenters. The molecular weight excluding hydrogens is 294 g/mol. The Morgan fingerprint density at radius 3 is 2.77 bits per heavy atom. The van der Waals surface area contributed by atoms with Gasteiger partial charge >= 0.3 is 0 Å². The van der Waals surface area contributed by atoms with Crippen LogP contribution in [0.2, 0.25) is 25.7 Å². The number of rotatable bonds is 5. The van der Waals surface area contributed by atoms with Gasteiger partial charge in [-0.2, -0.15) is 9.83 Å². The molecule has 0 aliphatic heterocycles. The summed E-state index contributed by atoms with van der Waals surface area (Å²) in [5.41, 5.74) is 2.64. The molecule has 0 bridgehead atoms. The summed E-state index contributed by atoms with van der Waals surface area (Å²) in [4.78, 5) is 15.0. The van der Waals surface area contributed by atoms with Gasteiger partial charge in [0, 0.05) is 31.4 Å². The third-order valence-corrected chi connectivity index (χ3v) is 5.18. The van der Waals surface area contributed by atoms with E-state index in [1.165, 1.54) is 0 Å². The van der Waals surface area contributed by atoms with E-state index >= 15 is 0 Å². The van der Waals surface area contributed by atoms with Crippen LogP contribution in [0.15, 0.2) is 24.7 Å². The van der Waals surface area contributed by atoms with Crippen LogP contribution in [-0.2, 0) is 0 Å². The maximum absolute atomic E-state index is 5.90. The van der Waals surface area contributed by atoms with Gasteiger partial charge in [-0.25, -0.2) is 9.97 Å². The standard InChI is InChI=1S/C15H21N5OSi/c1-11-18-14(12-9-16-17-10-12)13-5-6-20(15(13)19-11)21-7-8-22(2,3)4/h5-6,9-10H,7-8H2,1-4H3,(H,16,17). The first kappa shape index (κ1) is 14.8. The van der Waals surface area contributed by atoms with Crippen LogP contribution in [0, 0.1) is 6.92 Å². The van der Waals surface area contributed by atoms with E-state index in [1.54, 1.807) is 10.9 Å². The zero-order chi connectivity index (χ0) is 15.7. The van der Waals surface area contributed by atoms with E-state index in [9.17, 15) is 0 Å². The van der Waals surface area contributed by atoms with Crippen LogP contribution in [0.5, 0.6) is 0 Å². The van der Waals surface area contributed by atoms with Crippen molar-refractivity contribution in [3.05, 3.63) is 30.5 Å². The molecule has 0 saturated carbocycles. The average Bonchev–Trinajstić information content (AvgIpc) is 3.06. The minimum Gasteiger partial charge on any atom is -0.413 e. The minimum absolute atomic E-state index is 0.712. The quantitative estimate of drug-likeness (QED) is 0.735. The van der Waals surface area contributed by atoms with E-state index < -0.39 is 8.07 Å². The van der Waals surface area contributed by atoms with Crippen LogP contribution in [-0.4, -0.2) is 39.6 Å². The second kappa shape index (κ2) is 5.56. The van der Waals surface area contributed by atoms with E-state index in [2.05, 4.69) is 39.8 Å². The predicted octanol–water partition coefficient (Wildman–Crippen LogP) is 2.90. The minimum atomic E-state index is -1.11. The summed E-state index contributed by atoms with van der Waals surface area (Å²) in [6, 6.07) is 3.11. The number of nitrogens with zero attached hydrogens (tertiary/aromatic N) is 4. The summed E-state index contributed by atoms with van der Waals surface area (Å²) in [7, 11) is -1.11. The van der Waals surface area contributed by atoms with Crippen LogP contribution >= 0.6 is 0 Å². The van der Waals surface area contributed by atoms with Crippen molar-refractivity contribution in [2.45, 2.75) is 32.6 Å². The van der Waals surface area contributed by atoms with Crippen molar-refractivity contribution in [1.29, 1.82) is 0 Å². The number of H-pyrrole nitrogens is 1. The van der Waals surface area contributed by atoms with Crippen molar-refractivity contribution >= 4 is 19.1 Å². The van der Waals surface area contributed by atoms with Crippen molar-refractivity contribution in [1.82, 2.24) is 24.9 Å². The Morgan fingerprint density at radius 1 is 1.27 bits per heavy atom. The predicted molar refractivity (Wildman–Crippen MR) is 89.4 cm³/mol. The molecule has 3 aromatic rings. The SMILES string of the molecule is Cc1nc(-c2cn[nH]c2)c2ccn(OCC[Si](C)(C)C)c2n1. The van der Waals surface area contributed by atoms with Crippen molar-refractivity contribution in [2.75, 3.05) is 6.61 Å². The Labute approximate surface area is 130 Å². The summed E-state index contributed by atoms with van der Waals surface area (Å²) in [6.07, 6.45) is 5.52. The molecule has 3 heterocycles. The maximum atomic E-state index is 5.90. The fraction of sp³-hybridized carbons (Fsp3) is 0.400. The van der Waals surface area contributed by atoms with Crippen LogP contribution < -0.4 is 4.84 Å². The molecule has 7 heteroatoms. The monoisotopic (exact) mass is 315 g/mol. The zero-order valence-corrected chi connectivity index (χ0v) is 14.4. The number of fused-ring (bicyclic) bond motifs is 1. The summed E-state index contributed by atoms with van der Waals surface area (Å²) in [5, 5.41) is 7.80. The van der Waals surface area contributed by atoms with Crippen LogP contribution in [0.4, 0.5) is 0 Å². The first-order valence-electron chi connectivity index (χ1n) is 7.42. The summed E-state index contributed by atoms with van der Waals surface area (Å²) in [6.45, 7) is 9.63. The van der Waals surface area contributed by atoms with Gasteiger partial charge in [-0.1, -0.05) is 19.6 Å². The third kappa shape index (κ3) is 3.04. The van der Waals surface area contributed by atoms with Crippen LogP contribution in [0.25, 0.3) is 22.3 Å². The Bertz CT molecular complexity index is 773. The van der Waals surface area contributed by atoms with E-state index in [1.807, 2.05) is 25.4 Å². The molecule has 0 atom stereocenters. The van der Waals surface area contributed by atoms with Gasteiger partial charge in [-0.15, -0.1) is 0 Å². The van der Waals surface area contributed by atoms with E-state index in [4.69, 9.17) is 4.84 Å². The number of nitrogens with one attached hydrogen (secondary N) is 1. The molecule has 0 saturated heterocycles. The lowest BCUT2D eigenvalue weighted by molar-refractivity contribution is 0.130. The first-order valence-corrected chi connectivity index (χ1v) is 11.1. The van der Waals surface area contributed by atoms with E-state index in [0.29, 0.717) is 6.61 Å². The molecule has 0 radical (unpaired) electrons. The van der Waals surface area contributed by atoms with Crippen molar-refractivity contribution in [3.8, 4) is 11.3 Å². The fourth-order valence-corrected chi connectivity index (χ4v) is 2.96. The number of aromatic nitrogens is 5. The van der Waals surface area contributed by atoms with Gasteiger partial charge in [0.15, 0.2) is 5.65 Å². The molecule has 22 heavy (non-hydrogen) atoms. The molecule has 0 aliphatic carbocycles. The van der Waals surface area contributed by atoms with Gasteiger partial charge in [0.2, 0.25) is 0 Å². The highest BCUT2D eigenvalue weighted by atomic mass is 28.3. The molecule has 3 rings (SSSR count). The molecule has 0 spiro atoms. The highest BCUT2D eigenvalue weighted by Gasteiger charge is 2.15. The van der Waals surface area contributed by atoms with Gasteiger partial charge in [-0.3, -0.25) is 5.10 Å². The van der Waals surface area contributed by atoms with Gasteiger partial charge in [0.25, 0.3) is 0 Å². The molecule has 0 aliphatic rings. The topological polar surface area (TPSA) is 68.6 Å². The lowest BCUT2D eigenvalue weighted by Gasteiger charge is -2.16. The van der Waals surface area contributed by atoms with Crippen LogP contribution in [0.3, 0.4) is 0 Å². The Kier molecular flexibility index (Phi) is 3.74. The van der Waals surface area contributed by atoms with Crippen LogP contribution in [0.1, 0.15) is 5.82 Å². The normalized spacial score (nSPS) is 12.0. The molecule has 0 aromatic carbocycles. The smallest absolute Gasteiger partial charge is 0.179 e. The van der Waals surface area contributed by atoms with E-state index in [-0.39, 0.29) is 0 Å². The highest BCUT2D eigenvalue weighted by molar-refractivity contribution is 6.76. The number of aryl methyl sites for hydroxylation is 1. The summed E-state index contributed by atoms with van der Waals surface area (Å²) >= 11 is 0. The number of hydrogen-bond acceptors (Lipinski definition) is 4. The average molecular weight is 315 g/mol. The zero-order valence-electron chi connectivity index (χ0n) is 13.4. The van der Waals surface area contributed by atoms with Gasteiger partial charge in [0.1, 0.15) is 12.4 Å². The van der Waals surface area contributed by atoms with Gasteiger partial charge < -0.3 is 4.84 Å². The summed E-state index contributed by atoms with van der Waals surface area (Å²) in [5.74, 6) is 0.720. The largest absolute Gasteiger partial charge is 0.413 e. The van der Waals surface area contributed by atoms with Gasteiger partial charge in [-0.05, 0) is 19.0 Å². The Balaban J connectivity index is 1.94. The second-order valence-electron chi connectivity index (χ2n) is 6.63. The lowest BCUT2D eigenvalue weighted by atomic mass is 10.2. The van der Waals surface area contributed by atoms with Crippen molar-refractivity contribution < 1.29 is 4.84 Å². The lowest BCUT2D eigenvalue weighted by Crippen LogP contribution is -2.25. The summed E-state index contributed by atoms with van der Waals surface area (Å²) < 4.78 is 1.76.